The van der Waals surface area contributed by atoms with Crippen LogP contribution in [-0.2, 0) is 10.0 Å². The molecule has 0 radical (unpaired) electrons. The summed E-state index contributed by atoms with van der Waals surface area (Å²) in [4.78, 5) is 1.82. The average Bonchev–Trinajstić information content (AvgIpc) is 2.21. The Balaban J connectivity index is 2.79. The van der Waals surface area contributed by atoms with Crippen molar-refractivity contribution in [1.82, 2.24) is 9.62 Å². The Morgan fingerprint density at radius 2 is 2.06 bits per heavy atom. The third kappa shape index (κ3) is 3.95. The van der Waals surface area contributed by atoms with E-state index in [9.17, 15) is 12.8 Å². The third-order valence-electron chi connectivity index (χ3n) is 2.13. The normalized spacial score (nSPS) is 12.0. The molecule has 0 unspecified atom stereocenters. The number of hydrogen-bond donors (Lipinski definition) is 2. The number of benzene rings is 1. The topological polar surface area (TPSA) is 75.4 Å². The molecule has 0 aliphatic carbocycles. The van der Waals surface area contributed by atoms with Gasteiger partial charge >= 0.3 is 0 Å². The van der Waals surface area contributed by atoms with Gasteiger partial charge in [-0.2, -0.15) is 0 Å². The van der Waals surface area contributed by atoms with Crippen molar-refractivity contribution in [2.45, 2.75) is 4.90 Å². The summed E-state index contributed by atoms with van der Waals surface area (Å²) in [6, 6.07) is 3.33. The number of nitrogens with one attached hydrogen (secondary N) is 1. The molecule has 0 fully saturated rings. The number of nitrogens with two attached hydrogens (primary N) is 1. The zero-order valence-corrected chi connectivity index (χ0v) is 10.6. The maximum atomic E-state index is 12.9. The molecule has 0 saturated heterocycles. The van der Waals surface area contributed by atoms with Gasteiger partial charge in [0, 0.05) is 13.1 Å². The summed E-state index contributed by atoms with van der Waals surface area (Å²) in [6.45, 7) is 0.864. The highest BCUT2D eigenvalue weighted by Crippen LogP contribution is 2.16. The van der Waals surface area contributed by atoms with Gasteiger partial charge in [-0.15, -0.1) is 0 Å². The van der Waals surface area contributed by atoms with E-state index in [4.69, 9.17) is 5.73 Å². The van der Waals surface area contributed by atoms with Gasteiger partial charge in [0.1, 0.15) is 5.82 Å². The summed E-state index contributed by atoms with van der Waals surface area (Å²) in [6.07, 6.45) is 0. The van der Waals surface area contributed by atoms with Crippen LogP contribution in [0.5, 0.6) is 0 Å². The molecule has 5 nitrogen and oxygen atoms in total. The Labute approximate surface area is 100 Å². The third-order valence-corrected chi connectivity index (χ3v) is 3.59. The molecular weight excluding hydrogens is 245 g/mol. The maximum absolute atomic E-state index is 12.9. The van der Waals surface area contributed by atoms with E-state index in [1.54, 1.807) is 0 Å². The molecule has 3 N–H and O–H groups in total. The number of anilines is 1. The lowest BCUT2D eigenvalue weighted by atomic mass is 10.3. The summed E-state index contributed by atoms with van der Waals surface area (Å²) in [7, 11) is 0.0564. The van der Waals surface area contributed by atoms with Crippen LogP contribution in [0.2, 0.25) is 0 Å². The van der Waals surface area contributed by atoms with Crippen molar-refractivity contribution in [3.05, 3.63) is 24.0 Å². The lowest BCUT2D eigenvalue weighted by Crippen LogP contribution is -2.31. The Kier molecular flexibility index (Phi) is 4.44. The van der Waals surface area contributed by atoms with Crippen LogP contribution in [0.15, 0.2) is 23.1 Å². The minimum atomic E-state index is -3.62. The molecule has 0 heterocycles. The van der Waals surface area contributed by atoms with Crippen LogP contribution >= 0.6 is 0 Å². The number of nitrogens with zero attached hydrogens (tertiary/aromatic N) is 1. The fraction of sp³-hybridized carbons (Fsp3) is 0.400. The molecule has 0 saturated carbocycles. The minimum Gasteiger partial charge on any atom is -0.396 e. The van der Waals surface area contributed by atoms with Crippen LogP contribution in [0.4, 0.5) is 10.1 Å². The average molecular weight is 261 g/mol. The zero-order chi connectivity index (χ0) is 13.1. The van der Waals surface area contributed by atoms with E-state index in [0.29, 0.717) is 6.54 Å². The van der Waals surface area contributed by atoms with Crippen molar-refractivity contribution in [2.24, 2.45) is 0 Å². The van der Waals surface area contributed by atoms with Crippen LogP contribution < -0.4 is 10.5 Å². The zero-order valence-electron chi connectivity index (χ0n) is 9.77. The van der Waals surface area contributed by atoms with Gasteiger partial charge in [0.2, 0.25) is 10.0 Å². The van der Waals surface area contributed by atoms with Crippen LogP contribution in [0.25, 0.3) is 0 Å². The molecule has 0 aromatic heterocycles. The standard InChI is InChI=1S/C10H16FN3O2S/c1-14(2)6-5-13-17(15,16)8-3-4-9(11)10(12)7-8/h3-4,7,13H,5-6,12H2,1-2H3. The largest absolute Gasteiger partial charge is 0.396 e. The summed E-state index contributed by atoms with van der Waals surface area (Å²) in [5.41, 5.74) is 5.14. The number of rotatable bonds is 5. The summed E-state index contributed by atoms with van der Waals surface area (Å²) >= 11 is 0. The Morgan fingerprint density at radius 1 is 1.41 bits per heavy atom. The van der Waals surface area contributed by atoms with Gasteiger partial charge in [-0.25, -0.2) is 17.5 Å². The second kappa shape index (κ2) is 5.44. The van der Waals surface area contributed by atoms with Crippen LogP contribution in [0.3, 0.4) is 0 Å². The van der Waals surface area contributed by atoms with Gasteiger partial charge in [-0.05, 0) is 32.3 Å². The van der Waals surface area contributed by atoms with E-state index in [0.717, 1.165) is 12.1 Å². The van der Waals surface area contributed by atoms with E-state index in [2.05, 4.69) is 4.72 Å². The first-order chi connectivity index (χ1) is 7.83. The number of hydrogen-bond acceptors (Lipinski definition) is 4. The van der Waals surface area contributed by atoms with Crippen molar-refractivity contribution >= 4 is 15.7 Å². The van der Waals surface area contributed by atoms with Gasteiger partial charge < -0.3 is 10.6 Å². The van der Waals surface area contributed by atoms with Crippen molar-refractivity contribution in [1.29, 1.82) is 0 Å². The summed E-state index contributed by atoms with van der Waals surface area (Å²) in [5.74, 6) is -0.628. The SMILES string of the molecule is CN(C)CCNS(=O)(=O)c1ccc(F)c(N)c1. The molecule has 0 aliphatic rings. The van der Waals surface area contributed by atoms with Crippen LogP contribution in [0.1, 0.15) is 0 Å². The second-order valence-corrected chi connectivity index (χ2v) is 5.65. The number of nitrogen functional groups attached to an aromatic ring is 1. The minimum absolute atomic E-state index is 0.0323. The van der Waals surface area contributed by atoms with E-state index in [1.807, 2.05) is 19.0 Å². The van der Waals surface area contributed by atoms with E-state index in [1.165, 1.54) is 6.07 Å². The summed E-state index contributed by atoms with van der Waals surface area (Å²) in [5, 5.41) is 0. The molecule has 7 heteroatoms. The van der Waals surface area contributed by atoms with Gasteiger partial charge in [0.25, 0.3) is 0 Å². The van der Waals surface area contributed by atoms with Crippen LogP contribution in [0, 0.1) is 5.82 Å². The van der Waals surface area contributed by atoms with E-state index >= 15 is 0 Å². The lowest BCUT2D eigenvalue weighted by molar-refractivity contribution is 0.412. The number of sulfonamides is 1. The first-order valence-electron chi connectivity index (χ1n) is 5.02. The molecule has 0 spiro atoms. The highest BCUT2D eigenvalue weighted by atomic mass is 32.2. The van der Waals surface area contributed by atoms with Gasteiger partial charge in [-0.3, -0.25) is 0 Å². The number of halogens is 1. The molecule has 1 aromatic rings. The van der Waals surface area contributed by atoms with Crippen molar-refractivity contribution in [3.8, 4) is 0 Å². The fourth-order valence-corrected chi connectivity index (χ4v) is 2.23. The molecule has 96 valence electrons. The molecule has 1 rings (SSSR count). The molecule has 0 bridgehead atoms. The van der Waals surface area contributed by atoms with Crippen molar-refractivity contribution < 1.29 is 12.8 Å². The van der Waals surface area contributed by atoms with Crippen molar-refractivity contribution in [3.63, 3.8) is 0 Å². The smallest absolute Gasteiger partial charge is 0.240 e. The molecule has 1 aromatic carbocycles. The van der Waals surface area contributed by atoms with Crippen molar-refractivity contribution in [2.75, 3.05) is 32.9 Å². The highest BCUT2D eigenvalue weighted by molar-refractivity contribution is 7.89. The van der Waals surface area contributed by atoms with Gasteiger partial charge in [0.15, 0.2) is 0 Å². The molecule has 0 atom stereocenters. The molecule has 0 amide bonds. The second-order valence-electron chi connectivity index (χ2n) is 3.88. The first-order valence-corrected chi connectivity index (χ1v) is 6.50. The fourth-order valence-electron chi connectivity index (χ4n) is 1.18. The lowest BCUT2D eigenvalue weighted by Gasteiger charge is -2.11. The predicted octanol–water partition coefficient (Wildman–Crippen LogP) is 0.248. The summed E-state index contributed by atoms with van der Waals surface area (Å²) < 4.78 is 38.8. The highest BCUT2D eigenvalue weighted by Gasteiger charge is 2.14. The van der Waals surface area contributed by atoms with E-state index < -0.39 is 15.8 Å². The molecule has 0 aliphatic heterocycles. The van der Waals surface area contributed by atoms with Gasteiger partial charge in [0.05, 0.1) is 10.6 Å². The van der Waals surface area contributed by atoms with Gasteiger partial charge in [-0.1, -0.05) is 0 Å². The predicted molar refractivity (Wildman–Crippen MR) is 64.6 cm³/mol. The maximum Gasteiger partial charge on any atom is 0.240 e. The molecular formula is C10H16FN3O2S. The quantitative estimate of drug-likeness (QED) is 0.745. The molecule has 17 heavy (non-hydrogen) atoms. The Bertz CT molecular complexity index is 488. The monoisotopic (exact) mass is 261 g/mol. The number of likely N-dealkylation sites (N-methyl/N-ethyl adjacent to an activating group) is 1. The van der Waals surface area contributed by atoms with E-state index in [-0.39, 0.29) is 17.1 Å². The Hall–Kier alpha value is -1.18. The first kappa shape index (κ1) is 13.9. The van der Waals surface area contributed by atoms with Crippen LogP contribution in [-0.4, -0.2) is 40.5 Å². The Morgan fingerprint density at radius 3 is 2.59 bits per heavy atom.